The molecular weight excluding hydrogens is 364 g/mol. The van der Waals surface area contributed by atoms with Crippen molar-refractivity contribution < 1.29 is 19.2 Å². The summed E-state index contributed by atoms with van der Waals surface area (Å²) >= 11 is 0. The highest BCUT2D eigenvalue weighted by Crippen LogP contribution is 2.16. The normalized spacial score (nSPS) is 10.3. The van der Waals surface area contributed by atoms with Crippen molar-refractivity contribution in [1.29, 1.82) is 0 Å². The summed E-state index contributed by atoms with van der Waals surface area (Å²) < 4.78 is 5.61. The van der Waals surface area contributed by atoms with Crippen molar-refractivity contribution in [3.05, 3.63) is 82.4 Å². The Kier molecular flexibility index (Phi) is 7.41. The number of hydrogen-bond donors (Lipinski definition) is 2. The summed E-state index contributed by atoms with van der Waals surface area (Å²) in [5, 5.41) is 16.7. The van der Waals surface area contributed by atoms with Crippen LogP contribution in [0.4, 0.5) is 5.69 Å². The highest BCUT2D eigenvalue weighted by molar-refractivity contribution is 6.35. The summed E-state index contributed by atoms with van der Waals surface area (Å²) in [6.45, 7) is 3.89. The lowest BCUT2D eigenvalue weighted by Crippen LogP contribution is -2.37. The average Bonchev–Trinajstić information content (AvgIpc) is 2.71. The van der Waals surface area contributed by atoms with Crippen LogP contribution >= 0.6 is 0 Å². The standard InChI is InChI=1S/C19H18N4O5/c1-2-11-20-18(24)19(25)22-21-12-14-5-9-17(10-6-14)28-13-15-3-7-16(8-4-15)23(26)27/h2-10,12H,1,11,13H2,(H,20,24)(H,22,25). The first-order chi connectivity index (χ1) is 13.5. The van der Waals surface area contributed by atoms with Crippen molar-refractivity contribution in [2.24, 2.45) is 5.10 Å². The molecule has 2 N–H and O–H groups in total. The summed E-state index contributed by atoms with van der Waals surface area (Å²) in [4.78, 5) is 32.9. The van der Waals surface area contributed by atoms with Crippen molar-refractivity contribution in [1.82, 2.24) is 10.7 Å². The second kappa shape index (κ2) is 10.2. The van der Waals surface area contributed by atoms with E-state index in [1.165, 1.54) is 24.4 Å². The zero-order valence-electron chi connectivity index (χ0n) is 14.8. The molecule has 0 saturated heterocycles. The maximum Gasteiger partial charge on any atom is 0.329 e. The van der Waals surface area contributed by atoms with Crippen LogP contribution in [0.15, 0.2) is 66.3 Å². The van der Waals surface area contributed by atoms with Crippen LogP contribution in [-0.2, 0) is 16.2 Å². The van der Waals surface area contributed by atoms with E-state index in [2.05, 4.69) is 22.4 Å². The predicted molar refractivity (Wildman–Crippen MR) is 103 cm³/mol. The van der Waals surface area contributed by atoms with Crippen LogP contribution in [0.25, 0.3) is 0 Å². The van der Waals surface area contributed by atoms with Crippen molar-refractivity contribution in [3.8, 4) is 5.75 Å². The molecule has 0 aliphatic rings. The third kappa shape index (κ3) is 6.37. The topological polar surface area (TPSA) is 123 Å². The van der Waals surface area contributed by atoms with Crippen LogP contribution in [-0.4, -0.2) is 29.5 Å². The van der Waals surface area contributed by atoms with E-state index in [9.17, 15) is 19.7 Å². The molecule has 2 rings (SSSR count). The molecule has 0 unspecified atom stereocenters. The highest BCUT2D eigenvalue weighted by Gasteiger charge is 2.10. The lowest BCUT2D eigenvalue weighted by molar-refractivity contribution is -0.384. The number of amides is 2. The number of nitro benzene ring substituents is 1. The van der Waals surface area contributed by atoms with Gasteiger partial charge in [0.05, 0.1) is 11.1 Å². The van der Waals surface area contributed by atoms with E-state index in [-0.39, 0.29) is 18.8 Å². The van der Waals surface area contributed by atoms with Crippen LogP contribution < -0.4 is 15.5 Å². The molecule has 2 aromatic carbocycles. The van der Waals surface area contributed by atoms with Crippen molar-refractivity contribution in [3.63, 3.8) is 0 Å². The van der Waals surface area contributed by atoms with Crippen LogP contribution in [0.1, 0.15) is 11.1 Å². The van der Waals surface area contributed by atoms with Crippen molar-refractivity contribution in [2.75, 3.05) is 6.54 Å². The summed E-state index contributed by atoms with van der Waals surface area (Å²) in [6, 6.07) is 13.0. The Labute approximate surface area is 160 Å². The number of carbonyl (C=O) groups excluding carboxylic acids is 2. The number of rotatable bonds is 8. The van der Waals surface area contributed by atoms with Crippen LogP contribution in [0.5, 0.6) is 5.75 Å². The molecule has 0 fully saturated rings. The fourth-order valence-electron chi connectivity index (χ4n) is 1.99. The van der Waals surface area contributed by atoms with E-state index in [1.54, 1.807) is 36.4 Å². The smallest absolute Gasteiger partial charge is 0.329 e. The number of non-ortho nitro benzene ring substituents is 1. The minimum absolute atomic E-state index is 0.0256. The summed E-state index contributed by atoms with van der Waals surface area (Å²) in [5.74, 6) is -1.07. The largest absolute Gasteiger partial charge is 0.489 e. The second-order valence-electron chi connectivity index (χ2n) is 5.48. The number of nitrogens with one attached hydrogen (secondary N) is 2. The molecule has 28 heavy (non-hydrogen) atoms. The maximum atomic E-state index is 11.4. The minimum atomic E-state index is -0.874. The third-order valence-electron chi connectivity index (χ3n) is 3.43. The SMILES string of the molecule is C=CCNC(=O)C(=O)NN=Cc1ccc(OCc2ccc([N+](=O)[O-])cc2)cc1. The first kappa shape index (κ1) is 20.3. The number of hydrogen-bond acceptors (Lipinski definition) is 6. The molecule has 0 aliphatic carbocycles. The molecule has 0 atom stereocenters. The van der Waals surface area contributed by atoms with Gasteiger partial charge in [-0.2, -0.15) is 5.10 Å². The molecule has 0 radical (unpaired) electrons. The third-order valence-corrected chi connectivity index (χ3v) is 3.43. The number of nitro groups is 1. The number of nitrogens with zero attached hydrogens (tertiary/aromatic N) is 2. The predicted octanol–water partition coefficient (Wildman–Crippen LogP) is 1.93. The first-order valence-corrected chi connectivity index (χ1v) is 8.18. The molecule has 2 aromatic rings. The molecule has 0 saturated carbocycles. The molecule has 0 aliphatic heterocycles. The summed E-state index contributed by atoms with van der Waals surface area (Å²) in [6.07, 6.45) is 2.85. The minimum Gasteiger partial charge on any atom is -0.489 e. The summed E-state index contributed by atoms with van der Waals surface area (Å²) in [7, 11) is 0. The van der Waals surface area contributed by atoms with Gasteiger partial charge in [0, 0.05) is 18.7 Å². The van der Waals surface area contributed by atoms with E-state index in [0.717, 1.165) is 5.56 Å². The van der Waals surface area contributed by atoms with Crippen molar-refractivity contribution >= 4 is 23.7 Å². The van der Waals surface area contributed by atoms with Gasteiger partial charge in [0.25, 0.3) is 5.69 Å². The van der Waals surface area contributed by atoms with Gasteiger partial charge in [-0.1, -0.05) is 6.08 Å². The van der Waals surface area contributed by atoms with E-state index >= 15 is 0 Å². The average molecular weight is 382 g/mol. The van der Waals surface area contributed by atoms with E-state index in [0.29, 0.717) is 11.3 Å². The quantitative estimate of drug-likeness (QED) is 0.237. The van der Waals surface area contributed by atoms with Gasteiger partial charge < -0.3 is 10.1 Å². The Morgan fingerprint density at radius 2 is 1.79 bits per heavy atom. The number of ether oxygens (including phenoxy) is 1. The van der Waals surface area contributed by atoms with Gasteiger partial charge in [-0.25, -0.2) is 5.43 Å². The molecule has 2 amide bonds. The van der Waals surface area contributed by atoms with Gasteiger partial charge in [-0.15, -0.1) is 6.58 Å². The zero-order valence-corrected chi connectivity index (χ0v) is 14.8. The molecule has 0 heterocycles. The Morgan fingerprint density at radius 3 is 2.39 bits per heavy atom. The van der Waals surface area contributed by atoms with Crippen LogP contribution in [0, 0.1) is 10.1 Å². The van der Waals surface area contributed by atoms with E-state index < -0.39 is 16.7 Å². The molecular formula is C19H18N4O5. The Balaban J connectivity index is 1.82. The Bertz CT molecular complexity index is 876. The fraction of sp³-hybridized carbons (Fsp3) is 0.105. The fourth-order valence-corrected chi connectivity index (χ4v) is 1.99. The molecule has 0 aromatic heterocycles. The molecule has 9 heteroatoms. The maximum absolute atomic E-state index is 11.4. The van der Waals surface area contributed by atoms with Gasteiger partial charge in [-0.05, 0) is 47.5 Å². The lowest BCUT2D eigenvalue weighted by atomic mass is 10.2. The Morgan fingerprint density at radius 1 is 1.11 bits per heavy atom. The number of hydrazone groups is 1. The van der Waals surface area contributed by atoms with Crippen LogP contribution in [0.2, 0.25) is 0 Å². The lowest BCUT2D eigenvalue weighted by Gasteiger charge is -2.06. The zero-order chi connectivity index (χ0) is 20.4. The van der Waals surface area contributed by atoms with Gasteiger partial charge in [0.2, 0.25) is 0 Å². The van der Waals surface area contributed by atoms with Crippen LogP contribution in [0.3, 0.4) is 0 Å². The van der Waals surface area contributed by atoms with Gasteiger partial charge in [0.15, 0.2) is 0 Å². The van der Waals surface area contributed by atoms with E-state index in [4.69, 9.17) is 4.74 Å². The first-order valence-electron chi connectivity index (χ1n) is 8.18. The molecule has 0 bridgehead atoms. The van der Waals surface area contributed by atoms with Gasteiger partial charge >= 0.3 is 11.8 Å². The number of carbonyl (C=O) groups is 2. The Hall–Kier alpha value is -4.01. The van der Waals surface area contributed by atoms with Gasteiger partial charge in [-0.3, -0.25) is 19.7 Å². The summed E-state index contributed by atoms with van der Waals surface area (Å²) in [5.41, 5.74) is 3.63. The number of benzene rings is 2. The van der Waals surface area contributed by atoms with E-state index in [1.807, 2.05) is 0 Å². The molecule has 144 valence electrons. The monoisotopic (exact) mass is 382 g/mol. The molecule has 0 spiro atoms. The second-order valence-corrected chi connectivity index (χ2v) is 5.48. The van der Waals surface area contributed by atoms with Crippen molar-refractivity contribution in [2.45, 2.75) is 6.61 Å². The highest BCUT2D eigenvalue weighted by atomic mass is 16.6. The molecule has 9 nitrogen and oxygen atoms in total. The van der Waals surface area contributed by atoms with Gasteiger partial charge in [0.1, 0.15) is 12.4 Å².